The lowest BCUT2D eigenvalue weighted by molar-refractivity contribution is 0.102. The van der Waals surface area contributed by atoms with Gasteiger partial charge in [0.25, 0.3) is 5.91 Å². The SMILES string of the molecule is Cc1cccc(NC(=O)c2ccnc(Nc3ccc4c(c3)OCCO4)n2)c1C. The summed E-state index contributed by atoms with van der Waals surface area (Å²) in [5.41, 5.74) is 3.93. The van der Waals surface area contributed by atoms with E-state index in [1.54, 1.807) is 12.3 Å². The minimum Gasteiger partial charge on any atom is -0.486 e. The zero-order chi connectivity index (χ0) is 19.5. The zero-order valence-electron chi connectivity index (χ0n) is 15.7. The number of benzene rings is 2. The van der Waals surface area contributed by atoms with Crippen molar-refractivity contribution in [1.29, 1.82) is 0 Å². The first-order valence-electron chi connectivity index (χ1n) is 8.97. The summed E-state index contributed by atoms with van der Waals surface area (Å²) in [6.45, 7) is 5.03. The van der Waals surface area contributed by atoms with Gasteiger partial charge in [-0.15, -0.1) is 0 Å². The number of aromatic nitrogens is 2. The molecule has 7 heteroatoms. The molecule has 28 heavy (non-hydrogen) atoms. The summed E-state index contributed by atoms with van der Waals surface area (Å²) in [5, 5.41) is 6.00. The number of carbonyl (C=O) groups is 1. The topological polar surface area (TPSA) is 85.4 Å². The molecule has 2 aromatic carbocycles. The molecule has 0 atom stereocenters. The van der Waals surface area contributed by atoms with Crippen molar-refractivity contribution in [2.75, 3.05) is 23.8 Å². The first kappa shape index (κ1) is 17.8. The molecule has 0 aliphatic carbocycles. The maximum atomic E-state index is 12.6. The highest BCUT2D eigenvalue weighted by Crippen LogP contribution is 2.33. The Hall–Kier alpha value is -3.61. The van der Waals surface area contributed by atoms with Gasteiger partial charge in [0, 0.05) is 23.6 Å². The average Bonchev–Trinajstić information content (AvgIpc) is 2.71. The van der Waals surface area contributed by atoms with E-state index in [9.17, 15) is 4.79 Å². The Morgan fingerprint density at radius 2 is 1.86 bits per heavy atom. The van der Waals surface area contributed by atoms with Crippen LogP contribution in [0.25, 0.3) is 0 Å². The molecule has 142 valence electrons. The van der Waals surface area contributed by atoms with Crippen LogP contribution in [0.2, 0.25) is 0 Å². The molecule has 0 saturated carbocycles. The Labute approximate surface area is 162 Å². The molecule has 0 unspecified atom stereocenters. The van der Waals surface area contributed by atoms with Gasteiger partial charge < -0.3 is 20.1 Å². The molecule has 0 bridgehead atoms. The van der Waals surface area contributed by atoms with Crippen LogP contribution in [0.4, 0.5) is 17.3 Å². The van der Waals surface area contributed by atoms with Gasteiger partial charge in [-0.1, -0.05) is 12.1 Å². The lowest BCUT2D eigenvalue weighted by Gasteiger charge is -2.19. The molecule has 0 fully saturated rings. The maximum Gasteiger partial charge on any atom is 0.274 e. The molecular formula is C21H20N4O3. The molecular weight excluding hydrogens is 356 g/mol. The molecule has 2 N–H and O–H groups in total. The predicted molar refractivity (Wildman–Crippen MR) is 107 cm³/mol. The van der Waals surface area contributed by atoms with Crippen LogP contribution in [-0.4, -0.2) is 29.1 Å². The number of amides is 1. The third-order valence-corrected chi connectivity index (χ3v) is 4.54. The van der Waals surface area contributed by atoms with Crippen molar-refractivity contribution >= 4 is 23.2 Å². The van der Waals surface area contributed by atoms with E-state index in [0.29, 0.717) is 30.7 Å². The maximum absolute atomic E-state index is 12.6. The van der Waals surface area contributed by atoms with Gasteiger partial charge in [0.05, 0.1) is 0 Å². The first-order chi connectivity index (χ1) is 13.6. The van der Waals surface area contributed by atoms with E-state index >= 15 is 0 Å². The Morgan fingerprint density at radius 3 is 2.71 bits per heavy atom. The second kappa shape index (κ2) is 7.56. The standard InChI is InChI=1S/C21H20N4O3/c1-13-4-3-5-16(14(13)2)24-20(26)17-8-9-22-21(25-17)23-15-6-7-18-19(12-15)28-11-10-27-18/h3-9,12H,10-11H2,1-2H3,(H,24,26)(H,22,23,25). The summed E-state index contributed by atoms with van der Waals surface area (Å²) < 4.78 is 11.1. The minimum atomic E-state index is -0.290. The highest BCUT2D eigenvalue weighted by Gasteiger charge is 2.14. The third-order valence-electron chi connectivity index (χ3n) is 4.54. The van der Waals surface area contributed by atoms with Gasteiger partial charge in [0.15, 0.2) is 11.5 Å². The number of nitrogens with zero attached hydrogens (tertiary/aromatic N) is 2. The van der Waals surface area contributed by atoms with E-state index in [-0.39, 0.29) is 11.6 Å². The Kier molecular flexibility index (Phi) is 4.80. The number of hydrogen-bond acceptors (Lipinski definition) is 6. The van der Waals surface area contributed by atoms with Crippen molar-refractivity contribution < 1.29 is 14.3 Å². The van der Waals surface area contributed by atoms with Crippen LogP contribution >= 0.6 is 0 Å². The van der Waals surface area contributed by atoms with Gasteiger partial charge in [0.2, 0.25) is 5.95 Å². The van der Waals surface area contributed by atoms with E-state index in [2.05, 4.69) is 20.6 Å². The van der Waals surface area contributed by atoms with Crippen LogP contribution < -0.4 is 20.1 Å². The summed E-state index contributed by atoms with van der Waals surface area (Å²) in [6.07, 6.45) is 1.55. The third kappa shape index (κ3) is 3.73. The molecule has 1 aromatic heterocycles. The molecule has 4 rings (SSSR count). The molecule has 1 aliphatic heterocycles. The molecule has 2 heterocycles. The Balaban J connectivity index is 1.51. The number of aryl methyl sites for hydroxylation is 1. The number of carbonyl (C=O) groups excluding carboxylic acids is 1. The van der Waals surface area contributed by atoms with Gasteiger partial charge in [-0.3, -0.25) is 4.79 Å². The predicted octanol–water partition coefficient (Wildman–Crippen LogP) is 3.86. The average molecular weight is 376 g/mol. The number of nitrogens with one attached hydrogen (secondary N) is 2. The van der Waals surface area contributed by atoms with E-state index in [4.69, 9.17) is 9.47 Å². The van der Waals surface area contributed by atoms with Crippen LogP contribution in [0, 0.1) is 13.8 Å². The Morgan fingerprint density at radius 1 is 1.04 bits per heavy atom. The highest BCUT2D eigenvalue weighted by atomic mass is 16.6. The van der Waals surface area contributed by atoms with Gasteiger partial charge in [-0.2, -0.15) is 0 Å². The monoisotopic (exact) mass is 376 g/mol. The summed E-state index contributed by atoms with van der Waals surface area (Å²) in [5.74, 6) is 1.41. The van der Waals surface area contributed by atoms with Crippen molar-refractivity contribution in [3.05, 3.63) is 65.5 Å². The largest absolute Gasteiger partial charge is 0.486 e. The van der Waals surface area contributed by atoms with Crippen LogP contribution in [0.1, 0.15) is 21.6 Å². The number of hydrogen-bond donors (Lipinski definition) is 2. The van der Waals surface area contributed by atoms with Crippen molar-refractivity contribution in [3.63, 3.8) is 0 Å². The van der Waals surface area contributed by atoms with Gasteiger partial charge in [-0.05, 0) is 49.2 Å². The normalized spacial score (nSPS) is 12.4. The summed E-state index contributed by atoms with van der Waals surface area (Å²) in [6, 6.07) is 12.9. The van der Waals surface area contributed by atoms with Gasteiger partial charge in [0.1, 0.15) is 18.9 Å². The quantitative estimate of drug-likeness (QED) is 0.719. The van der Waals surface area contributed by atoms with E-state index < -0.39 is 0 Å². The van der Waals surface area contributed by atoms with Gasteiger partial charge >= 0.3 is 0 Å². The van der Waals surface area contributed by atoms with Crippen molar-refractivity contribution in [1.82, 2.24) is 9.97 Å². The van der Waals surface area contributed by atoms with E-state index in [1.807, 2.05) is 50.2 Å². The first-order valence-corrected chi connectivity index (χ1v) is 8.97. The molecule has 7 nitrogen and oxygen atoms in total. The van der Waals surface area contributed by atoms with Crippen molar-refractivity contribution in [2.24, 2.45) is 0 Å². The van der Waals surface area contributed by atoms with Crippen LogP contribution in [0.15, 0.2) is 48.7 Å². The number of rotatable bonds is 4. The summed E-state index contributed by atoms with van der Waals surface area (Å²) in [7, 11) is 0. The Bertz CT molecular complexity index is 1040. The molecule has 0 radical (unpaired) electrons. The molecule has 3 aromatic rings. The fourth-order valence-electron chi connectivity index (χ4n) is 2.87. The summed E-state index contributed by atoms with van der Waals surface area (Å²) in [4.78, 5) is 21.1. The fourth-order valence-corrected chi connectivity index (χ4v) is 2.87. The number of anilines is 3. The van der Waals surface area contributed by atoms with E-state index in [1.165, 1.54) is 0 Å². The molecule has 1 amide bonds. The van der Waals surface area contributed by atoms with Crippen molar-refractivity contribution in [2.45, 2.75) is 13.8 Å². The minimum absolute atomic E-state index is 0.274. The van der Waals surface area contributed by atoms with Crippen LogP contribution in [0.3, 0.4) is 0 Å². The molecule has 1 aliphatic rings. The summed E-state index contributed by atoms with van der Waals surface area (Å²) >= 11 is 0. The second-order valence-corrected chi connectivity index (χ2v) is 6.45. The lowest BCUT2D eigenvalue weighted by atomic mass is 10.1. The number of fused-ring (bicyclic) bond motifs is 1. The number of ether oxygens (including phenoxy) is 2. The van der Waals surface area contributed by atoms with E-state index in [0.717, 1.165) is 22.5 Å². The van der Waals surface area contributed by atoms with Crippen molar-refractivity contribution in [3.8, 4) is 11.5 Å². The zero-order valence-corrected chi connectivity index (χ0v) is 15.7. The smallest absolute Gasteiger partial charge is 0.274 e. The van der Waals surface area contributed by atoms with Crippen LogP contribution in [0.5, 0.6) is 11.5 Å². The molecule has 0 saturated heterocycles. The second-order valence-electron chi connectivity index (χ2n) is 6.45. The lowest BCUT2D eigenvalue weighted by Crippen LogP contribution is -2.16. The molecule has 0 spiro atoms. The van der Waals surface area contributed by atoms with Gasteiger partial charge in [-0.25, -0.2) is 9.97 Å². The highest BCUT2D eigenvalue weighted by molar-refractivity contribution is 6.03. The fraction of sp³-hybridized carbons (Fsp3) is 0.190. The van der Waals surface area contributed by atoms with Crippen LogP contribution in [-0.2, 0) is 0 Å².